The molecule has 0 aliphatic heterocycles. The van der Waals surface area contributed by atoms with Crippen LogP contribution in [0.3, 0.4) is 0 Å². The molecule has 2 aliphatic carbocycles. The van der Waals surface area contributed by atoms with Crippen molar-refractivity contribution in [2.75, 3.05) is 5.32 Å². The van der Waals surface area contributed by atoms with Gasteiger partial charge in [-0.3, -0.25) is 4.98 Å². The number of phenols is 1. The molecule has 0 unspecified atom stereocenters. The molecule has 2 aliphatic rings. The van der Waals surface area contributed by atoms with Crippen molar-refractivity contribution in [3.63, 3.8) is 0 Å². The SMILES string of the molecule is Oc1c(-c2nnc(N[C@@H]3CCCC[C@H]3O)c3cnccc23)ccc2c1CCC2=C(F)F. The second kappa shape index (κ2) is 7.85. The maximum Gasteiger partial charge on any atom is 0.274 e. The fourth-order valence-electron chi connectivity index (χ4n) is 4.70. The van der Waals surface area contributed by atoms with Gasteiger partial charge in [-0.25, -0.2) is 0 Å². The highest BCUT2D eigenvalue weighted by Gasteiger charge is 2.27. The number of halogens is 2. The Morgan fingerprint density at radius 3 is 2.61 bits per heavy atom. The number of aromatic hydroxyl groups is 1. The van der Waals surface area contributed by atoms with Crippen molar-refractivity contribution in [3.8, 4) is 17.0 Å². The van der Waals surface area contributed by atoms with E-state index >= 15 is 0 Å². The number of aliphatic hydroxyl groups excluding tert-OH is 1. The molecule has 3 N–H and O–H groups in total. The topological polar surface area (TPSA) is 91.2 Å². The van der Waals surface area contributed by atoms with Crippen molar-refractivity contribution in [2.45, 2.75) is 50.7 Å². The molecule has 0 bridgehead atoms. The van der Waals surface area contributed by atoms with Gasteiger partial charge in [-0.1, -0.05) is 18.9 Å². The van der Waals surface area contributed by atoms with Gasteiger partial charge in [0.15, 0.2) is 5.82 Å². The van der Waals surface area contributed by atoms with E-state index in [-0.39, 0.29) is 23.8 Å². The summed E-state index contributed by atoms with van der Waals surface area (Å²) in [5.74, 6) is 0.493. The molecule has 160 valence electrons. The average Bonchev–Trinajstić information content (AvgIpc) is 3.22. The maximum atomic E-state index is 13.2. The summed E-state index contributed by atoms with van der Waals surface area (Å²) in [5, 5.41) is 34.7. The van der Waals surface area contributed by atoms with E-state index in [1.54, 1.807) is 30.6 Å². The van der Waals surface area contributed by atoms with E-state index in [4.69, 9.17) is 0 Å². The van der Waals surface area contributed by atoms with Crippen LogP contribution in [0.25, 0.3) is 27.6 Å². The van der Waals surface area contributed by atoms with E-state index in [1.807, 2.05) is 0 Å². The molecule has 0 radical (unpaired) electrons. The number of pyridine rings is 1. The van der Waals surface area contributed by atoms with Crippen LogP contribution in [0.5, 0.6) is 5.75 Å². The third kappa shape index (κ3) is 3.40. The highest BCUT2D eigenvalue weighted by atomic mass is 19.3. The highest BCUT2D eigenvalue weighted by Crippen LogP contribution is 2.45. The summed E-state index contributed by atoms with van der Waals surface area (Å²) in [4.78, 5) is 4.21. The van der Waals surface area contributed by atoms with Gasteiger partial charge in [0.2, 0.25) is 0 Å². The molecule has 0 amide bonds. The Hall–Kier alpha value is -3.13. The predicted molar refractivity (Wildman–Crippen MR) is 114 cm³/mol. The number of hydrogen-bond acceptors (Lipinski definition) is 6. The Kier molecular flexibility index (Phi) is 5.02. The summed E-state index contributed by atoms with van der Waals surface area (Å²) >= 11 is 0. The van der Waals surface area contributed by atoms with Gasteiger partial charge in [-0.2, -0.15) is 8.78 Å². The number of phenolic OH excluding ortho intramolecular Hbond substituents is 1. The van der Waals surface area contributed by atoms with E-state index in [2.05, 4.69) is 20.5 Å². The number of hydrogen-bond donors (Lipinski definition) is 3. The molecule has 3 aromatic rings. The zero-order valence-electron chi connectivity index (χ0n) is 16.8. The summed E-state index contributed by atoms with van der Waals surface area (Å²) in [6, 6.07) is 4.92. The molecular formula is C23H22F2N4O2. The number of nitrogens with zero attached hydrogens (tertiary/aromatic N) is 3. The Balaban J connectivity index is 1.59. The third-order valence-electron chi connectivity index (χ3n) is 6.35. The molecule has 8 heteroatoms. The minimum atomic E-state index is -1.71. The predicted octanol–water partition coefficient (Wildman–Crippen LogP) is 4.67. The van der Waals surface area contributed by atoms with Gasteiger partial charge in [0, 0.05) is 39.9 Å². The molecule has 6 nitrogen and oxygen atoms in total. The van der Waals surface area contributed by atoms with Crippen LogP contribution in [-0.4, -0.2) is 37.5 Å². The van der Waals surface area contributed by atoms with Gasteiger partial charge >= 0.3 is 0 Å². The maximum absolute atomic E-state index is 13.2. The lowest BCUT2D eigenvalue weighted by atomic mass is 9.92. The van der Waals surface area contributed by atoms with Crippen molar-refractivity contribution >= 4 is 22.2 Å². The van der Waals surface area contributed by atoms with Crippen molar-refractivity contribution in [1.82, 2.24) is 15.2 Å². The van der Waals surface area contributed by atoms with Crippen molar-refractivity contribution in [2.24, 2.45) is 0 Å². The van der Waals surface area contributed by atoms with Gasteiger partial charge in [-0.05, 0) is 43.4 Å². The first kappa shape index (κ1) is 19.8. The van der Waals surface area contributed by atoms with Crippen LogP contribution in [0.4, 0.5) is 14.6 Å². The summed E-state index contributed by atoms with van der Waals surface area (Å²) in [6.07, 6.45) is 5.36. The normalized spacial score (nSPS) is 20.7. The standard InChI is InChI=1S/C23H22F2N4O2/c24-22(25)15-7-6-14-12(15)5-8-16(21(14)31)20-13-9-10-26-11-17(13)23(29-28-20)27-18-3-1-2-4-19(18)30/h5,8-11,18-19,30-31H,1-4,6-7H2,(H,27,29)/t18-,19-/m1/s1. The van der Waals surface area contributed by atoms with Gasteiger partial charge < -0.3 is 15.5 Å². The molecule has 0 spiro atoms. The Bertz CT molecular complexity index is 1190. The molecular weight excluding hydrogens is 402 g/mol. The van der Waals surface area contributed by atoms with Gasteiger partial charge in [0.25, 0.3) is 6.08 Å². The number of nitrogens with one attached hydrogen (secondary N) is 1. The smallest absolute Gasteiger partial charge is 0.274 e. The Labute approximate surface area is 177 Å². The lowest BCUT2D eigenvalue weighted by Gasteiger charge is -2.29. The van der Waals surface area contributed by atoms with E-state index in [9.17, 15) is 19.0 Å². The zero-order chi connectivity index (χ0) is 21.5. The monoisotopic (exact) mass is 424 g/mol. The zero-order valence-corrected chi connectivity index (χ0v) is 16.8. The van der Waals surface area contributed by atoms with Crippen LogP contribution in [-0.2, 0) is 6.42 Å². The van der Waals surface area contributed by atoms with Crippen LogP contribution < -0.4 is 5.32 Å². The van der Waals surface area contributed by atoms with Crippen molar-refractivity contribution in [1.29, 1.82) is 0 Å². The largest absolute Gasteiger partial charge is 0.507 e. The molecule has 1 fully saturated rings. The number of rotatable bonds is 3. The average molecular weight is 424 g/mol. The first-order valence-corrected chi connectivity index (χ1v) is 10.5. The Morgan fingerprint density at radius 2 is 1.81 bits per heavy atom. The van der Waals surface area contributed by atoms with Gasteiger partial charge in [-0.15, -0.1) is 10.2 Å². The molecule has 1 aromatic carbocycles. The summed E-state index contributed by atoms with van der Waals surface area (Å²) < 4.78 is 26.4. The Morgan fingerprint density at radius 1 is 1.00 bits per heavy atom. The van der Waals surface area contributed by atoms with E-state index in [0.29, 0.717) is 34.6 Å². The first-order valence-electron chi connectivity index (χ1n) is 10.5. The van der Waals surface area contributed by atoms with Gasteiger partial charge in [0.1, 0.15) is 11.4 Å². The number of aliphatic hydroxyl groups is 1. The fraction of sp³-hybridized carbons (Fsp3) is 0.348. The number of aromatic nitrogens is 3. The molecule has 31 heavy (non-hydrogen) atoms. The lowest BCUT2D eigenvalue weighted by molar-refractivity contribution is 0.116. The van der Waals surface area contributed by atoms with Crippen LogP contribution in [0.15, 0.2) is 36.7 Å². The summed E-state index contributed by atoms with van der Waals surface area (Å²) in [6.45, 7) is 0. The minimum absolute atomic E-state index is 0.0115. The van der Waals surface area contributed by atoms with E-state index in [0.717, 1.165) is 36.5 Å². The van der Waals surface area contributed by atoms with E-state index in [1.165, 1.54) is 0 Å². The number of allylic oxidation sites excluding steroid dienone is 1. The lowest BCUT2D eigenvalue weighted by Crippen LogP contribution is -2.36. The molecule has 2 aromatic heterocycles. The molecule has 2 heterocycles. The fourth-order valence-corrected chi connectivity index (χ4v) is 4.70. The second-order valence-electron chi connectivity index (χ2n) is 8.15. The second-order valence-corrected chi connectivity index (χ2v) is 8.15. The quantitative estimate of drug-likeness (QED) is 0.566. The van der Waals surface area contributed by atoms with E-state index < -0.39 is 12.2 Å². The van der Waals surface area contributed by atoms with Crippen molar-refractivity contribution < 1.29 is 19.0 Å². The third-order valence-corrected chi connectivity index (χ3v) is 6.35. The first-order chi connectivity index (χ1) is 15.0. The number of benzene rings is 1. The number of anilines is 1. The molecule has 0 saturated heterocycles. The van der Waals surface area contributed by atoms with Crippen LogP contribution in [0.2, 0.25) is 0 Å². The number of fused-ring (bicyclic) bond motifs is 2. The highest BCUT2D eigenvalue weighted by molar-refractivity contribution is 6.01. The van der Waals surface area contributed by atoms with Gasteiger partial charge in [0.05, 0.1) is 12.1 Å². The van der Waals surface area contributed by atoms with Crippen molar-refractivity contribution in [3.05, 3.63) is 47.8 Å². The van der Waals surface area contributed by atoms with Crippen LogP contribution in [0.1, 0.15) is 43.2 Å². The molecule has 2 atom stereocenters. The summed E-state index contributed by atoms with van der Waals surface area (Å²) in [5.41, 5.74) is 1.81. The van der Waals surface area contributed by atoms with Crippen LogP contribution in [0, 0.1) is 0 Å². The molecule has 5 rings (SSSR count). The minimum Gasteiger partial charge on any atom is -0.507 e. The molecule has 1 saturated carbocycles. The summed E-state index contributed by atoms with van der Waals surface area (Å²) in [7, 11) is 0. The van der Waals surface area contributed by atoms with Crippen LogP contribution >= 0.6 is 0 Å².